The van der Waals surface area contributed by atoms with E-state index in [0.717, 1.165) is 6.42 Å². The molecule has 0 heterocycles. The molecule has 0 aliphatic heterocycles. The monoisotopic (exact) mass is 273 g/mol. The van der Waals surface area contributed by atoms with Crippen molar-refractivity contribution in [1.82, 2.24) is 5.32 Å². The third-order valence-corrected chi connectivity index (χ3v) is 2.94. The summed E-state index contributed by atoms with van der Waals surface area (Å²) in [7, 11) is 1.27. The third-order valence-electron chi connectivity index (χ3n) is 2.94. The molecule has 6 nitrogen and oxygen atoms in total. The van der Waals surface area contributed by atoms with Crippen molar-refractivity contribution < 1.29 is 23.9 Å². The van der Waals surface area contributed by atoms with Crippen molar-refractivity contribution in [3.05, 3.63) is 0 Å². The van der Waals surface area contributed by atoms with Gasteiger partial charge in [0, 0.05) is 13.8 Å². The molecule has 0 aromatic carbocycles. The molecule has 19 heavy (non-hydrogen) atoms. The fraction of sp³-hybridized carbons (Fsp3) is 0.769. The number of ether oxygens (including phenoxy) is 2. The summed E-state index contributed by atoms with van der Waals surface area (Å²) in [6.07, 6.45) is -0.0151. The molecule has 6 heteroatoms. The van der Waals surface area contributed by atoms with Crippen molar-refractivity contribution in [2.45, 2.75) is 52.7 Å². The standard InChI is InChI=1S/C13H23NO5/c1-6-8(2)13(14-9(3)15)11(19-10(4)16)7-12(17)18-5/h8,11,13H,6-7H2,1-5H3,(H,14,15)/t8-,11-,13+/m1/s1. The van der Waals surface area contributed by atoms with Gasteiger partial charge in [0.2, 0.25) is 5.91 Å². The summed E-state index contributed by atoms with van der Waals surface area (Å²) >= 11 is 0. The number of amides is 1. The van der Waals surface area contributed by atoms with Crippen LogP contribution in [-0.2, 0) is 23.9 Å². The second-order valence-electron chi connectivity index (χ2n) is 4.54. The van der Waals surface area contributed by atoms with Gasteiger partial charge in [-0.25, -0.2) is 0 Å². The highest BCUT2D eigenvalue weighted by Crippen LogP contribution is 2.17. The molecule has 110 valence electrons. The van der Waals surface area contributed by atoms with Gasteiger partial charge < -0.3 is 14.8 Å². The van der Waals surface area contributed by atoms with Gasteiger partial charge in [-0.1, -0.05) is 20.3 Å². The van der Waals surface area contributed by atoms with Crippen LogP contribution in [0, 0.1) is 5.92 Å². The van der Waals surface area contributed by atoms with Crippen LogP contribution in [0.1, 0.15) is 40.5 Å². The van der Waals surface area contributed by atoms with Gasteiger partial charge in [-0.15, -0.1) is 0 Å². The van der Waals surface area contributed by atoms with E-state index in [1.165, 1.54) is 21.0 Å². The lowest BCUT2D eigenvalue weighted by Gasteiger charge is -2.30. The first-order valence-electron chi connectivity index (χ1n) is 6.32. The van der Waals surface area contributed by atoms with Crippen LogP contribution >= 0.6 is 0 Å². The smallest absolute Gasteiger partial charge is 0.309 e. The molecule has 0 aromatic heterocycles. The Balaban J connectivity index is 5.03. The Morgan fingerprint density at radius 1 is 1.21 bits per heavy atom. The zero-order chi connectivity index (χ0) is 15.0. The van der Waals surface area contributed by atoms with E-state index in [1.807, 2.05) is 13.8 Å². The quantitative estimate of drug-likeness (QED) is 0.701. The summed E-state index contributed by atoms with van der Waals surface area (Å²) < 4.78 is 9.74. The number of carbonyl (C=O) groups excluding carboxylic acids is 3. The van der Waals surface area contributed by atoms with Crippen molar-refractivity contribution in [3.8, 4) is 0 Å². The molecule has 0 radical (unpaired) electrons. The van der Waals surface area contributed by atoms with E-state index in [-0.39, 0.29) is 18.2 Å². The molecule has 0 bridgehead atoms. The minimum Gasteiger partial charge on any atom is -0.469 e. The van der Waals surface area contributed by atoms with E-state index >= 15 is 0 Å². The zero-order valence-electron chi connectivity index (χ0n) is 12.2. The Bertz CT molecular complexity index is 329. The Morgan fingerprint density at radius 3 is 2.16 bits per heavy atom. The maximum atomic E-state index is 11.4. The van der Waals surface area contributed by atoms with Crippen LogP contribution in [0.4, 0.5) is 0 Å². The number of esters is 2. The zero-order valence-corrected chi connectivity index (χ0v) is 12.2. The van der Waals surface area contributed by atoms with Gasteiger partial charge in [0.05, 0.1) is 19.6 Å². The molecule has 0 aliphatic rings. The van der Waals surface area contributed by atoms with Crippen molar-refractivity contribution in [3.63, 3.8) is 0 Å². The first-order valence-corrected chi connectivity index (χ1v) is 6.32. The SMILES string of the molecule is CC[C@@H](C)[C@H](NC(C)=O)[C@@H](CC(=O)OC)OC(C)=O. The molecule has 3 atom stereocenters. The normalized spacial score (nSPS) is 15.0. The maximum Gasteiger partial charge on any atom is 0.309 e. The van der Waals surface area contributed by atoms with E-state index < -0.39 is 24.1 Å². The van der Waals surface area contributed by atoms with Gasteiger partial charge in [0.1, 0.15) is 6.10 Å². The summed E-state index contributed by atoms with van der Waals surface area (Å²) in [6.45, 7) is 6.54. The molecular weight excluding hydrogens is 250 g/mol. The molecule has 0 aromatic rings. The molecule has 0 rings (SSSR count). The number of hydrogen-bond acceptors (Lipinski definition) is 5. The number of rotatable bonds is 7. The second kappa shape index (κ2) is 8.50. The highest BCUT2D eigenvalue weighted by molar-refractivity contribution is 5.74. The highest BCUT2D eigenvalue weighted by atomic mass is 16.6. The first kappa shape index (κ1) is 17.4. The highest BCUT2D eigenvalue weighted by Gasteiger charge is 2.31. The molecule has 0 aliphatic carbocycles. The lowest BCUT2D eigenvalue weighted by Crippen LogP contribution is -2.49. The topological polar surface area (TPSA) is 81.7 Å². The van der Waals surface area contributed by atoms with Crippen LogP contribution in [0.5, 0.6) is 0 Å². The number of nitrogens with one attached hydrogen (secondary N) is 1. The summed E-state index contributed by atoms with van der Waals surface area (Å²) in [6, 6.07) is -0.412. The lowest BCUT2D eigenvalue weighted by atomic mass is 9.92. The van der Waals surface area contributed by atoms with Gasteiger partial charge in [-0.2, -0.15) is 0 Å². The van der Waals surface area contributed by atoms with Gasteiger partial charge in [-0.05, 0) is 5.92 Å². The Hall–Kier alpha value is -1.59. The molecule has 1 N–H and O–H groups in total. The fourth-order valence-corrected chi connectivity index (χ4v) is 1.79. The summed E-state index contributed by atoms with van der Waals surface area (Å²) in [4.78, 5) is 33.8. The third kappa shape index (κ3) is 6.79. The molecule has 1 amide bonds. The van der Waals surface area contributed by atoms with Gasteiger partial charge in [0.15, 0.2) is 0 Å². The Morgan fingerprint density at radius 2 is 1.79 bits per heavy atom. The minimum atomic E-state index is -0.719. The Labute approximate surface area is 113 Å². The molecule has 0 spiro atoms. The van der Waals surface area contributed by atoms with Crippen LogP contribution in [0.15, 0.2) is 0 Å². The predicted molar refractivity (Wildman–Crippen MR) is 69.2 cm³/mol. The van der Waals surface area contributed by atoms with E-state index in [2.05, 4.69) is 10.1 Å². The van der Waals surface area contributed by atoms with Crippen LogP contribution < -0.4 is 5.32 Å². The Kier molecular flexibility index (Phi) is 7.79. The summed E-state index contributed by atoms with van der Waals surface area (Å²) in [5.74, 6) is -1.14. The van der Waals surface area contributed by atoms with Gasteiger partial charge in [0.25, 0.3) is 0 Å². The van der Waals surface area contributed by atoms with Gasteiger partial charge in [-0.3, -0.25) is 14.4 Å². The van der Waals surface area contributed by atoms with E-state index in [0.29, 0.717) is 0 Å². The number of methoxy groups -OCH3 is 1. The van der Waals surface area contributed by atoms with Crippen molar-refractivity contribution >= 4 is 17.8 Å². The van der Waals surface area contributed by atoms with E-state index in [4.69, 9.17) is 4.74 Å². The molecule has 0 fully saturated rings. The predicted octanol–water partition coefficient (Wildman–Crippen LogP) is 1.03. The average Bonchev–Trinajstić information content (AvgIpc) is 2.33. The van der Waals surface area contributed by atoms with Crippen LogP contribution in [0.25, 0.3) is 0 Å². The van der Waals surface area contributed by atoms with E-state index in [1.54, 1.807) is 0 Å². The average molecular weight is 273 g/mol. The molecule has 0 saturated heterocycles. The summed E-state index contributed by atoms with van der Waals surface area (Å²) in [5.41, 5.74) is 0. The maximum absolute atomic E-state index is 11.4. The number of carbonyl (C=O) groups is 3. The van der Waals surface area contributed by atoms with Crippen molar-refractivity contribution in [2.24, 2.45) is 5.92 Å². The lowest BCUT2D eigenvalue weighted by molar-refractivity contribution is -0.155. The van der Waals surface area contributed by atoms with Crippen LogP contribution in [-0.4, -0.2) is 37.1 Å². The molecule has 0 saturated carbocycles. The second-order valence-corrected chi connectivity index (χ2v) is 4.54. The van der Waals surface area contributed by atoms with Gasteiger partial charge >= 0.3 is 11.9 Å². The van der Waals surface area contributed by atoms with Crippen LogP contribution in [0.2, 0.25) is 0 Å². The minimum absolute atomic E-state index is 0.0675. The largest absolute Gasteiger partial charge is 0.469 e. The van der Waals surface area contributed by atoms with Crippen molar-refractivity contribution in [2.75, 3.05) is 7.11 Å². The van der Waals surface area contributed by atoms with Crippen molar-refractivity contribution in [1.29, 1.82) is 0 Å². The first-order chi connectivity index (χ1) is 8.81. The number of hydrogen-bond donors (Lipinski definition) is 1. The van der Waals surface area contributed by atoms with Crippen LogP contribution in [0.3, 0.4) is 0 Å². The molecule has 0 unspecified atom stereocenters. The van der Waals surface area contributed by atoms with E-state index in [9.17, 15) is 14.4 Å². The fourth-order valence-electron chi connectivity index (χ4n) is 1.79. The summed E-state index contributed by atoms with van der Waals surface area (Å²) in [5, 5.41) is 2.74. The molecular formula is C13H23NO5.